The Morgan fingerprint density at radius 1 is 1.29 bits per heavy atom. The van der Waals surface area contributed by atoms with Crippen molar-refractivity contribution in [1.29, 1.82) is 0 Å². The summed E-state index contributed by atoms with van der Waals surface area (Å²) < 4.78 is 42.9. The van der Waals surface area contributed by atoms with Gasteiger partial charge in [-0.15, -0.1) is 0 Å². The van der Waals surface area contributed by atoms with Crippen molar-refractivity contribution in [2.45, 2.75) is 51.9 Å². The quantitative estimate of drug-likeness (QED) is 0.910. The highest BCUT2D eigenvalue weighted by atomic mass is 19.4. The first-order valence-electron chi connectivity index (χ1n) is 6.63. The molecule has 0 heterocycles. The van der Waals surface area contributed by atoms with Crippen LogP contribution in [0.2, 0.25) is 0 Å². The topological polar surface area (TPSA) is 38.3 Å². The van der Waals surface area contributed by atoms with Gasteiger partial charge in [0.2, 0.25) is 0 Å². The number of benzene rings is 1. The minimum absolute atomic E-state index is 0.295. The highest BCUT2D eigenvalue weighted by Crippen LogP contribution is 2.29. The fraction of sp³-hybridized carbons (Fsp3) is 0.533. The third-order valence-corrected chi connectivity index (χ3v) is 2.56. The molecule has 21 heavy (non-hydrogen) atoms. The van der Waals surface area contributed by atoms with Crippen LogP contribution >= 0.6 is 0 Å². The standard InChI is InChI=1S/C15H20F3NO2/c1-10(19-13(20)21-14(2,3)4)8-11-6-5-7-12(9-11)15(16,17)18/h5-7,9-10H,8H2,1-4H3,(H,19,20)/t10-/m0/s1. The summed E-state index contributed by atoms with van der Waals surface area (Å²) in [6.45, 7) is 6.93. The zero-order valence-corrected chi connectivity index (χ0v) is 12.5. The summed E-state index contributed by atoms with van der Waals surface area (Å²) in [5, 5.41) is 2.60. The zero-order chi connectivity index (χ0) is 16.3. The first kappa shape index (κ1) is 17.3. The van der Waals surface area contributed by atoms with Gasteiger partial charge in [0.05, 0.1) is 5.56 Å². The first-order valence-corrected chi connectivity index (χ1v) is 6.63. The predicted molar refractivity (Wildman–Crippen MR) is 74.0 cm³/mol. The van der Waals surface area contributed by atoms with Crippen LogP contribution in [-0.2, 0) is 17.3 Å². The molecule has 1 aromatic carbocycles. The van der Waals surface area contributed by atoms with Crippen molar-refractivity contribution < 1.29 is 22.7 Å². The van der Waals surface area contributed by atoms with Crippen LogP contribution < -0.4 is 5.32 Å². The maximum atomic E-state index is 12.6. The molecular formula is C15H20F3NO2. The lowest BCUT2D eigenvalue weighted by Crippen LogP contribution is -2.38. The van der Waals surface area contributed by atoms with Gasteiger partial charge in [-0.05, 0) is 45.7 Å². The second kappa shape index (κ2) is 6.37. The molecule has 0 bridgehead atoms. The molecule has 1 N–H and O–H groups in total. The van der Waals surface area contributed by atoms with Crippen LogP contribution in [0.3, 0.4) is 0 Å². The second-order valence-electron chi connectivity index (χ2n) is 5.95. The van der Waals surface area contributed by atoms with Crippen molar-refractivity contribution in [2.75, 3.05) is 0 Å². The minimum atomic E-state index is -4.36. The Hall–Kier alpha value is -1.72. The molecule has 118 valence electrons. The molecule has 0 aliphatic carbocycles. The summed E-state index contributed by atoms with van der Waals surface area (Å²) in [5.74, 6) is 0. The number of alkyl halides is 3. The fourth-order valence-electron chi connectivity index (χ4n) is 1.79. The Kier molecular flexibility index (Phi) is 5.25. The number of halogens is 3. The van der Waals surface area contributed by atoms with Crippen LogP contribution in [0.4, 0.5) is 18.0 Å². The normalized spacial score (nSPS) is 13.7. The van der Waals surface area contributed by atoms with Gasteiger partial charge in [-0.2, -0.15) is 13.2 Å². The van der Waals surface area contributed by atoms with Gasteiger partial charge >= 0.3 is 12.3 Å². The highest BCUT2D eigenvalue weighted by Gasteiger charge is 2.30. The summed E-state index contributed by atoms with van der Waals surface area (Å²) in [6.07, 6.45) is -4.65. The number of alkyl carbamates (subject to hydrolysis) is 1. The molecule has 1 aromatic rings. The average Bonchev–Trinajstić information content (AvgIpc) is 2.24. The number of amides is 1. The fourth-order valence-corrected chi connectivity index (χ4v) is 1.79. The molecule has 0 spiro atoms. The maximum Gasteiger partial charge on any atom is 0.416 e. The molecule has 0 aromatic heterocycles. The lowest BCUT2D eigenvalue weighted by molar-refractivity contribution is -0.137. The zero-order valence-electron chi connectivity index (χ0n) is 12.5. The summed E-state index contributed by atoms with van der Waals surface area (Å²) in [4.78, 5) is 11.6. The van der Waals surface area contributed by atoms with Gasteiger partial charge < -0.3 is 10.1 Å². The van der Waals surface area contributed by atoms with E-state index in [1.54, 1.807) is 33.8 Å². The third kappa shape index (κ3) is 6.51. The van der Waals surface area contributed by atoms with E-state index in [2.05, 4.69) is 5.32 Å². The molecule has 1 rings (SSSR count). The number of hydrogen-bond donors (Lipinski definition) is 1. The monoisotopic (exact) mass is 303 g/mol. The van der Waals surface area contributed by atoms with Gasteiger partial charge in [0, 0.05) is 6.04 Å². The van der Waals surface area contributed by atoms with Crippen LogP contribution in [0, 0.1) is 0 Å². The Labute approximate surface area is 122 Å². The number of carbonyl (C=O) groups is 1. The van der Waals surface area contributed by atoms with Gasteiger partial charge in [0.1, 0.15) is 5.60 Å². The van der Waals surface area contributed by atoms with Gasteiger partial charge in [-0.3, -0.25) is 0 Å². The minimum Gasteiger partial charge on any atom is -0.444 e. The number of nitrogens with one attached hydrogen (secondary N) is 1. The third-order valence-electron chi connectivity index (χ3n) is 2.56. The SMILES string of the molecule is C[C@@H](Cc1cccc(C(F)(F)F)c1)NC(=O)OC(C)(C)C. The number of rotatable bonds is 3. The van der Waals surface area contributed by atoms with Crippen LogP contribution in [-0.4, -0.2) is 17.7 Å². The van der Waals surface area contributed by atoms with E-state index in [4.69, 9.17) is 4.74 Å². The Morgan fingerprint density at radius 2 is 1.90 bits per heavy atom. The molecule has 1 atom stereocenters. The summed E-state index contributed by atoms with van der Waals surface area (Å²) in [6, 6.07) is 4.74. The van der Waals surface area contributed by atoms with E-state index in [9.17, 15) is 18.0 Å². The smallest absolute Gasteiger partial charge is 0.416 e. The van der Waals surface area contributed by atoms with E-state index in [1.807, 2.05) is 0 Å². The predicted octanol–water partition coefficient (Wildman–Crippen LogP) is 4.16. The second-order valence-corrected chi connectivity index (χ2v) is 5.95. The van der Waals surface area contributed by atoms with Crippen molar-refractivity contribution in [3.63, 3.8) is 0 Å². The molecule has 0 aliphatic heterocycles. The molecule has 0 aliphatic rings. The molecule has 0 saturated heterocycles. The largest absolute Gasteiger partial charge is 0.444 e. The van der Waals surface area contributed by atoms with Crippen LogP contribution in [0.1, 0.15) is 38.8 Å². The lowest BCUT2D eigenvalue weighted by atomic mass is 10.0. The first-order chi connectivity index (χ1) is 9.47. The summed E-state index contributed by atoms with van der Waals surface area (Å²) >= 11 is 0. The Bertz CT molecular complexity index is 492. The van der Waals surface area contributed by atoms with E-state index in [-0.39, 0.29) is 6.04 Å². The lowest BCUT2D eigenvalue weighted by Gasteiger charge is -2.22. The molecule has 1 amide bonds. The highest BCUT2D eigenvalue weighted by molar-refractivity contribution is 5.68. The number of carbonyl (C=O) groups excluding carboxylic acids is 1. The van der Waals surface area contributed by atoms with Gasteiger partial charge in [0.25, 0.3) is 0 Å². The summed E-state index contributed by atoms with van der Waals surface area (Å²) in [5.41, 5.74) is -0.794. The van der Waals surface area contributed by atoms with Crippen LogP contribution in [0.25, 0.3) is 0 Å². The van der Waals surface area contributed by atoms with Gasteiger partial charge in [-0.25, -0.2) is 4.79 Å². The molecular weight excluding hydrogens is 283 g/mol. The molecule has 3 nitrogen and oxygen atoms in total. The van der Waals surface area contributed by atoms with Gasteiger partial charge in [0.15, 0.2) is 0 Å². The Morgan fingerprint density at radius 3 is 2.43 bits per heavy atom. The molecule has 0 fully saturated rings. The van der Waals surface area contributed by atoms with Crippen molar-refractivity contribution in [1.82, 2.24) is 5.32 Å². The van der Waals surface area contributed by atoms with Crippen molar-refractivity contribution >= 4 is 6.09 Å². The van der Waals surface area contributed by atoms with E-state index >= 15 is 0 Å². The molecule has 0 saturated carbocycles. The van der Waals surface area contributed by atoms with E-state index in [0.29, 0.717) is 12.0 Å². The van der Waals surface area contributed by atoms with E-state index < -0.39 is 23.4 Å². The number of ether oxygens (including phenoxy) is 1. The molecule has 0 unspecified atom stereocenters. The van der Waals surface area contributed by atoms with Crippen molar-refractivity contribution in [3.8, 4) is 0 Å². The van der Waals surface area contributed by atoms with E-state index in [0.717, 1.165) is 12.1 Å². The molecule has 6 heteroatoms. The average molecular weight is 303 g/mol. The Balaban J connectivity index is 2.63. The van der Waals surface area contributed by atoms with Crippen molar-refractivity contribution in [3.05, 3.63) is 35.4 Å². The summed E-state index contributed by atoms with van der Waals surface area (Å²) in [7, 11) is 0. The van der Waals surface area contributed by atoms with Crippen molar-refractivity contribution in [2.24, 2.45) is 0 Å². The maximum absolute atomic E-state index is 12.6. The van der Waals surface area contributed by atoms with Gasteiger partial charge in [-0.1, -0.05) is 18.2 Å². The van der Waals surface area contributed by atoms with Crippen LogP contribution in [0.5, 0.6) is 0 Å². The molecule has 0 radical (unpaired) electrons. The van der Waals surface area contributed by atoms with Crippen LogP contribution in [0.15, 0.2) is 24.3 Å². The van der Waals surface area contributed by atoms with E-state index in [1.165, 1.54) is 6.07 Å². The number of hydrogen-bond acceptors (Lipinski definition) is 2.